The first-order valence-corrected chi connectivity index (χ1v) is 6.37. The molecule has 0 aliphatic heterocycles. The lowest BCUT2D eigenvalue weighted by atomic mass is 10.4. The van der Waals surface area contributed by atoms with E-state index in [1.165, 1.54) is 0 Å². The molecule has 0 fully saturated rings. The number of rotatable bonds is 4. The number of H-pyrrole nitrogens is 1. The second-order valence-electron chi connectivity index (χ2n) is 3.88. The fourth-order valence-corrected chi connectivity index (χ4v) is 2.03. The highest BCUT2D eigenvalue weighted by atomic mass is 32.1. The quantitative estimate of drug-likeness (QED) is 0.855. The molecule has 0 atom stereocenters. The molecule has 6 heteroatoms. The van der Waals surface area contributed by atoms with E-state index in [0.717, 1.165) is 10.7 Å². The number of aromatic amines is 1. The van der Waals surface area contributed by atoms with Crippen molar-refractivity contribution in [3.8, 4) is 0 Å². The summed E-state index contributed by atoms with van der Waals surface area (Å²) in [4.78, 5) is 18.6. The molecule has 94 valence electrons. The molecule has 1 amide bonds. The number of carbonyl (C=O) groups excluding carboxylic acids is 1. The average molecular weight is 262 g/mol. The Bertz CT molecular complexity index is 544. The summed E-state index contributed by atoms with van der Waals surface area (Å²) in [5.41, 5.74) is 0. The van der Waals surface area contributed by atoms with Crippen LogP contribution in [0.4, 0.5) is 0 Å². The Morgan fingerprint density at radius 1 is 1.61 bits per heavy atom. The van der Waals surface area contributed by atoms with E-state index in [0.29, 0.717) is 12.4 Å². The van der Waals surface area contributed by atoms with Crippen molar-refractivity contribution < 1.29 is 4.79 Å². The minimum absolute atomic E-state index is 0.0640. The monoisotopic (exact) mass is 262 g/mol. The third-order valence-electron chi connectivity index (χ3n) is 2.33. The van der Waals surface area contributed by atoms with Gasteiger partial charge in [0.2, 0.25) is 5.91 Å². The lowest BCUT2D eigenvalue weighted by Crippen LogP contribution is -2.24. The normalized spacial score (nSPS) is 11.0. The molecule has 5 nitrogen and oxygen atoms in total. The van der Waals surface area contributed by atoms with Crippen LogP contribution in [-0.4, -0.2) is 33.0 Å². The summed E-state index contributed by atoms with van der Waals surface area (Å²) in [6, 6.07) is 3.92. The van der Waals surface area contributed by atoms with Gasteiger partial charge < -0.3 is 4.90 Å². The van der Waals surface area contributed by atoms with Gasteiger partial charge in [0, 0.05) is 18.0 Å². The lowest BCUT2D eigenvalue weighted by Gasteiger charge is -2.12. The van der Waals surface area contributed by atoms with Crippen molar-refractivity contribution in [2.24, 2.45) is 0 Å². The zero-order valence-corrected chi connectivity index (χ0v) is 11.1. The molecule has 0 bridgehead atoms. The van der Waals surface area contributed by atoms with E-state index in [2.05, 4.69) is 15.2 Å². The van der Waals surface area contributed by atoms with Crippen LogP contribution in [0, 0.1) is 6.92 Å². The van der Waals surface area contributed by atoms with Crippen molar-refractivity contribution in [3.05, 3.63) is 40.1 Å². The van der Waals surface area contributed by atoms with Gasteiger partial charge in [-0.2, -0.15) is 5.10 Å². The van der Waals surface area contributed by atoms with Gasteiger partial charge in [-0.25, -0.2) is 4.98 Å². The summed E-state index contributed by atoms with van der Waals surface area (Å²) in [7, 11) is 1.73. The minimum atomic E-state index is -0.0640. The maximum atomic E-state index is 11.8. The van der Waals surface area contributed by atoms with E-state index in [1.54, 1.807) is 29.4 Å². The smallest absolute Gasteiger partial charge is 0.246 e. The van der Waals surface area contributed by atoms with Crippen LogP contribution in [-0.2, 0) is 11.3 Å². The van der Waals surface area contributed by atoms with Crippen molar-refractivity contribution in [3.63, 3.8) is 0 Å². The second-order valence-corrected chi connectivity index (χ2v) is 4.86. The van der Waals surface area contributed by atoms with Crippen molar-refractivity contribution in [1.29, 1.82) is 0 Å². The van der Waals surface area contributed by atoms with Gasteiger partial charge in [0.25, 0.3) is 0 Å². The minimum Gasteiger partial charge on any atom is -0.335 e. The number of aromatic nitrogens is 3. The van der Waals surface area contributed by atoms with Gasteiger partial charge in [-0.1, -0.05) is 6.07 Å². The molecule has 0 aliphatic carbocycles. The molecule has 0 spiro atoms. The molecule has 0 radical (unpaired) electrons. The number of nitrogens with one attached hydrogen (secondary N) is 1. The molecular weight excluding hydrogens is 248 g/mol. The Labute approximate surface area is 109 Å². The second kappa shape index (κ2) is 5.59. The molecular formula is C12H14N4OS. The summed E-state index contributed by atoms with van der Waals surface area (Å²) >= 11 is 1.60. The maximum Gasteiger partial charge on any atom is 0.246 e. The van der Waals surface area contributed by atoms with Gasteiger partial charge in [-0.3, -0.25) is 9.89 Å². The van der Waals surface area contributed by atoms with Crippen LogP contribution in [0.15, 0.2) is 23.6 Å². The number of nitrogens with zero attached hydrogens (tertiary/aromatic N) is 3. The van der Waals surface area contributed by atoms with Gasteiger partial charge in [-0.05, 0) is 24.4 Å². The van der Waals surface area contributed by atoms with Crippen molar-refractivity contribution in [2.75, 3.05) is 7.05 Å². The van der Waals surface area contributed by atoms with E-state index in [-0.39, 0.29) is 5.91 Å². The highest BCUT2D eigenvalue weighted by Gasteiger charge is 2.08. The summed E-state index contributed by atoms with van der Waals surface area (Å²) in [6.07, 6.45) is 3.37. The van der Waals surface area contributed by atoms with Crippen LogP contribution in [0.3, 0.4) is 0 Å². The molecule has 0 saturated carbocycles. The van der Waals surface area contributed by atoms with E-state index in [1.807, 2.05) is 30.5 Å². The predicted octanol–water partition coefficient (Wildman–Crippen LogP) is 1.85. The number of aryl methyl sites for hydroxylation is 1. The number of amides is 1. The maximum absolute atomic E-state index is 11.8. The Morgan fingerprint density at radius 3 is 3.06 bits per heavy atom. The zero-order chi connectivity index (χ0) is 13.0. The molecule has 0 aliphatic rings. The molecule has 0 unspecified atom stereocenters. The Hall–Kier alpha value is -1.95. The molecule has 18 heavy (non-hydrogen) atoms. The van der Waals surface area contributed by atoms with Crippen molar-refractivity contribution in [2.45, 2.75) is 13.5 Å². The molecule has 0 aromatic carbocycles. The third kappa shape index (κ3) is 3.27. The number of thiophene rings is 1. The van der Waals surface area contributed by atoms with Crippen LogP contribution >= 0.6 is 11.3 Å². The average Bonchev–Trinajstić information content (AvgIpc) is 2.97. The summed E-state index contributed by atoms with van der Waals surface area (Å²) < 4.78 is 0. The van der Waals surface area contributed by atoms with E-state index >= 15 is 0 Å². The topological polar surface area (TPSA) is 61.9 Å². The van der Waals surface area contributed by atoms with Crippen LogP contribution in [0.1, 0.15) is 16.5 Å². The highest BCUT2D eigenvalue weighted by Crippen LogP contribution is 2.10. The number of hydrogen-bond acceptors (Lipinski definition) is 4. The van der Waals surface area contributed by atoms with Gasteiger partial charge in [-0.15, -0.1) is 11.3 Å². The lowest BCUT2D eigenvalue weighted by molar-refractivity contribution is -0.125. The highest BCUT2D eigenvalue weighted by molar-refractivity contribution is 7.10. The van der Waals surface area contributed by atoms with Crippen LogP contribution < -0.4 is 0 Å². The predicted molar refractivity (Wildman–Crippen MR) is 70.9 cm³/mol. The summed E-state index contributed by atoms with van der Waals surface area (Å²) in [6.45, 7) is 2.23. The fraction of sp³-hybridized carbons (Fsp3) is 0.250. The molecule has 2 heterocycles. The first kappa shape index (κ1) is 12.5. The van der Waals surface area contributed by atoms with Gasteiger partial charge in [0.15, 0.2) is 5.82 Å². The zero-order valence-electron chi connectivity index (χ0n) is 10.3. The van der Waals surface area contributed by atoms with Crippen molar-refractivity contribution in [1.82, 2.24) is 20.1 Å². The number of likely N-dealkylation sites (N-methyl/N-ethyl adjacent to an activating group) is 1. The molecule has 2 aromatic heterocycles. The van der Waals surface area contributed by atoms with Gasteiger partial charge in [0.05, 0.1) is 6.54 Å². The Morgan fingerprint density at radius 2 is 2.44 bits per heavy atom. The molecule has 2 aromatic rings. The van der Waals surface area contributed by atoms with E-state index in [4.69, 9.17) is 0 Å². The van der Waals surface area contributed by atoms with E-state index < -0.39 is 0 Å². The molecule has 2 rings (SSSR count). The Kier molecular flexibility index (Phi) is 3.88. The third-order valence-corrected chi connectivity index (χ3v) is 3.17. The SMILES string of the molecule is Cc1nc(CN(C)C(=O)C=Cc2cccs2)n[nH]1. The number of hydrogen-bond donors (Lipinski definition) is 1. The van der Waals surface area contributed by atoms with Crippen LogP contribution in [0.25, 0.3) is 6.08 Å². The summed E-state index contributed by atoms with van der Waals surface area (Å²) in [5, 5.41) is 8.72. The first-order valence-electron chi connectivity index (χ1n) is 5.50. The van der Waals surface area contributed by atoms with Gasteiger partial charge >= 0.3 is 0 Å². The van der Waals surface area contributed by atoms with Crippen LogP contribution in [0.5, 0.6) is 0 Å². The standard InChI is InChI=1S/C12H14N4OS/c1-9-13-11(15-14-9)8-16(2)12(17)6-5-10-4-3-7-18-10/h3-7H,8H2,1-2H3,(H,13,14,15). The molecule has 0 saturated heterocycles. The van der Waals surface area contributed by atoms with Gasteiger partial charge in [0.1, 0.15) is 5.82 Å². The Balaban J connectivity index is 1.92. The first-order chi connectivity index (χ1) is 8.65. The van der Waals surface area contributed by atoms with Crippen LogP contribution in [0.2, 0.25) is 0 Å². The summed E-state index contributed by atoms with van der Waals surface area (Å²) in [5.74, 6) is 1.30. The number of carbonyl (C=O) groups is 1. The van der Waals surface area contributed by atoms with Crippen molar-refractivity contribution >= 4 is 23.3 Å². The largest absolute Gasteiger partial charge is 0.335 e. The molecule has 1 N–H and O–H groups in total. The van der Waals surface area contributed by atoms with E-state index in [9.17, 15) is 4.79 Å². The fourth-order valence-electron chi connectivity index (χ4n) is 1.42.